The molecule has 0 spiro atoms. The first-order chi connectivity index (χ1) is 18.0. The molecular weight excluding hydrogens is 526 g/mol. The van der Waals surface area contributed by atoms with Crippen molar-refractivity contribution in [3.63, 3.8) is 0 Å². The SMILES string of the molecule is COc1ncc(-c2cc(N3C[C@H](Oc4cc(C(F)(F)F)cnn4)C(F)(F)C3)c3ncc(F)n3n2)c(OC)n1. The molecule has 0 radical (unpaired) electrons. The number of hydrogen-bond donors (Lipinski definition) is 0. The second-order valence-electron chi connectivity index (χ2n) is 8.04. The Morgan fingerprint density at radius 1 is 1.05 bits per heavy atom. The summed E-state index contributed by atoms with van der Waals surface area (Å²) in [5, 5.41) is 10.7. The van der Waals surface area contributed by atoms with Gasteiger partial charge in [0.25, 0.3) is 0 Å². The van der Waals surface area contributed by atoms with Crippen LogP contribution in [0.5, 0.6) is 17.8 Å². The topological polar surface area (TPSA) is 113 Å². The van der Waals surface area contributed by atoms with Crippen LogP contribution in [0.25, 0.3) is 16.9 Å². The molecule has 0 aromatic carbocycles. The molecule has 0 aliphatic carbocycles. The maximum Gasteiger partial charge on any atom is 0.418 e. The van der Waals surface area contributed by atoms with Crippen LogP contribution in [0.4, 0.5) is 32.0 Å². The van der Waals surface area contributed by atoms with Gasteiger partial charge >= 0.3 is 18.1 Å². The number of alkyl halides is 5. The molecule has 0 saturated carbocycles. The molecule has 1 saturated heterocycles. The molecule has 4 aromatic rings. The lowest BCUT2D eigenvalue weighted by molar-refractivity contribution is -0.138. The van der Waals surface area contributed by atoms with Gasteiger partial charge in [0, 0.05) is 12.3 Å². The Morgan fingerprint density at radius 3 is 2.55 bits per heavy atom. The van der Waals surface area contributed by atoms with Crippen LogP contribution >= 0.6 is 0 Å². The Hall–Kier alpha value is -4.44. The van der Waals surface area contributed by atoms with E-state index in [-0.39, 0.29) is 34.5 Å². The van der Waals surface area contributed by atoms with Crippen LogP contribution in [0.1, 0.15) is 5.56 Å². The standard InChI is InChI=1S/C21H16F6N8O3/c1-36-18-11(6-29-19(31-18)37-2)12-4-13(17-28-7-15(22)35(17)33-12)34-8-14(20(23,24)9-34)38-16-3-10(5-30-32-16)21(25,26)27/h3-7,14H,8-9H2,1-2H3/t14-/m0/s1. The monoisotopic (exact) mass is 542 g/mol. The Labute approximate surface area is 209 Å². The van der Waals surface area contributed by atoms with Crippen molar-refractivity contribution in [2.24, 2.45) is 0 Å². The van der Waals surface area contributed by atoms with Crippen LogP contribution in [0.2, 0.25) is 0 Å². The molecule has 1 aliphatic rings. The molecule has 5 rings (SSSR count). The average Bonchev–Trinajstić information content (AvgIpc) is 3.41. The number of nitrogens with zero attached hydrogens (tertiary/aromatic N) is 8. The minimum atomic E-state index is -4.77. The largest absolute Gasteiger partial charge is 0.480 e. The summed E-state index contributed by atoms with van der Waals surface area (Å²) in [4.78, 5) is 13.1. The summed E-state index contributed by atoms with van der Waals surface area (Å²) < 4.78 is 99.6. The van der Waals surface area contributed by atoms with Crippen molar-refractivity contribution in [1.82, 2.24) is 34.8 Å². The normalized spacial score (nSPS) is 17.2. The first kappa shape index (κ1) is 25.2. The number of methoxy groups -OCH3 is 2. The van der Waals surface area contributed by atoms with Crippen LogP contribution < -0.4 is 19.1 Å². The fourth-order valence-corrected chi connectivity index (χ4v) is 3.84. The van der Waals surface area contributed by atoms with E-state index in [4.69, 9.17) is 14.2 Å². The molecule has 1 aliphatic heterocycles. The van der Waals surface area contributed by atoms with E-state index in [9.17, 15) is 26.3 Å². The van der Waals surface area contributed by atoms with Crippen molar-refractivity contribution in [3.05, 3.63) is 42.2 Å². The molecule has 200 valence electrons. The van der Waals surface area contributed by atoms with Gasteiger partial charge in [-0.1, -0.05) is 0 Å². The maximum absolute atomic E-state index is 15.0. The van der Waals surface area contributed by atoms with Gasteiger partial charge in [0.1, 0.15) is 5.69 Å². The van der Waals surface area contributed by atoms with Gasteiger partial charge < -0.3 is 19.1 Å². The van der Waals surface area contributed by atoms with Crippen molar-refractivity contribution < 1.29 is 40.6 Å². The predicted molar refractivity (Wildman–Crippen MR) is 116 cm³/mol. The highest BCUT2D eigenvalue weighted by molar-refractivity contribution is 5.76. The van der Waals surface area contributed by atoms with Gasteiger partial charge in [0.05, 0.1) is 56.5 Å². The summed E-state index contributed by atoms with van der Waals surface area (Å²) in [6, 6.07) is 1.82. The van der Waals surface area contributed by atoms with E-state index >= 15 is 0 Å². The fourth-order valence-electron chi connectivity index (χ4n) is 3.84. The third-order valence-corrected chi connectivity index (χ3v) is 5.61. The molecule has 1 fully saturated rings. The van der Waals surface area contributed by atoms with E-state index in [1.807, 2.05) is 0 Å². The zero-order chi connectivity index (χ0) is 27.2. The van der Waals surface area contributed by atoms with E-state index in [0.29, 0.717) is 12.3 Å². The minimum absolute atomic E-state index is 0.0161. The molecule has 11 nitrogen and oxygen atoms in total. The van der Waals surface area contributed by atoms with Crippen LogP contribution in [-0.2, 0) is 6.18 Å². The average molecular weight is 542 g/mol. The Balaban J connectivity index is 1.52. The van der Waals surface area contributed by atoms with E-state index in [1.54, 1.807) is 0 Å². The summed E-state index contributed by atoms with van der Waals surface area (Å²) in [6.45, 7) is -1.43. The van der Waals surface area contributed by atoms with Gasteiger partial charge in [0.15, 0.2) is 11.8 Å². The number of rotatable bonds is 6. The molecule has 4 aromatic heterocycles. The smallest absolute Gasteiger partial charge is 0.418 e. The fraction of sp³-hybridized carbons (Fsp3) is 0.333. The molecule has 0 bridgehead atoms. The highest BCUT2D eigenvalue weighted by Crippen LogP contribution is 2.38. The third-order valence-electron chi connectivity index (χ3n) is 5.61. The molecule has 0 amide bonds. The number of aromatic nitrogens is 7. The number of ether oxygens (including phenoxy) is 3. The molecule has 17 heteroatoms. The molecule has 0 unspecified atom stereocenters. The predicted octanol–water partition coefficient (Wildman–Crippen LogP) is 3.05. The lowest BCUT2D eigenvalue weighted by Crippen LogP contribution is -2.36. The summed E-state index contributed by atoms with van der Waals surface area (Å²) in [5.74, 6) is -5.12. The quantitative estimate of drug-likeness (QED) is 0.337. The molecule has 38 heavy (non-hydrogen) atoms. The molecular formula is C21H16F6N8O3. The van der Waals surface area contributed by atoms with Crippen LogP contribution in [-0.4, -0.2) is 74.1 Å². The van der Waals surface area contributed by atoms with Gasteiger partial charge in [-0.25, -0.2) is 18.7 Å². The van der Waals surface area contributed by atoms with Crippen molar-refractivity contribution in [2.45, 2.75) is 18.2 Å². The van der Waals surface area contributed by atoms with Gasteiger partial charge in [-0.05, 0) is 6.07 Å². The number of fused-ring (bicyclic) bond motifs is 1. The molecule has 0 N–H and O–H groups in total. The van der Waals surface area contributed by atoms with E-state index < -0.39 is 48.7 Å². The number of anilines is 1. The minimum Gasteiger partial charge on any atom is -0.480 e. The third kappa shape index (κ3) is 4.54. The molecule has 5 heterocycles. The number of hydrogen-bond acceptors (Lipinski definition) is 10. The number of halogens is 6. The number of imidazole rings is 1. The Bertz CT molecular complexity index is 1500. The summed E-state index contributed by atoms with van der Waals surface area (Å²) in [5.41, 5.74) is -1.000. The second-order valence-corrected chi connectivity index (χ2v) is 8.04. The zero-order valence-electron chi connectivity index (χ0n) is 19.4. The Kier molecular flexibility index (Phi) is 6.07. The van der Waals surface area contributed by atoms with Crippen molar-refractivity contribution in [1.29, 1.82) is 0 Å². The second kappa shape index (κ2) is 9.14. The highest BCUT2D eigenvalue weighted by Gasteiger charge is 2.51. The van der Waals surface area contributed by atoms with Crippen molar-refractivity contribution in [2.75, 3.05) is 32.2 Å². The Morgan fingerprint density at radius 2 is 1.84 bits per heavy atom. The zero-order valence-corrected chi connectivity index (χ0v) is 19.4. The van der Waals surface area contributed by atoms with Gasteiger partial charge in [-0.3, -0.25) is 0 Å². The summed E-state index contributed by atoms with van der Waals surface area (Å²) in [6.07, 6.45) is -4.07. The van der Waals surface area contributed by atoms with Crippen molar-refractivity contribution >= 4 is 11.3 Å². The van der Waals surface area contributed by atoms with E-state index in [2.05, 4.69) is 30.2 Å². The van der Waals surface area contributed by atoms with Gasteiger partial charge in [0.2, 0.25) is 17.7 Å². The first-order valence-corrected chi connectivity index (χ1v) is 10.7. The molecule has 1 atom stereocenters. The first-order valence-electron chi connectivity index (χ1n) is 10.7. The van der Waals surface area contributed by atoms with Gasteiger partial charge in [-0.2, -0.15) is 37.3 Å². The van der Waals surface area contributed by atoms with Gasteiger partial charge in [-0.15, -0.1) is 5.10 Å². The van der Waals surface area contributed by atoms with Crippen molar-refractivity contribution in [3.8, 4) is 29.0 Å². The maximum atomic E-state index is 15.0. The van der Waals surface area contributed by atoms with Crippen LogP contribution in [0, 0.1) is 5.95 Å². The van der Waals surface area contributed by atoms with E-state index in [1.165, 1.54) is 26.5 Å². The summed E-state index contributed by atoms with van der Waals surface area (Å²) in [7, 11) is 2.66. The lowest BCUT2D eigenvalue weighted by atomic mass is 10.2. The summed E-state index contributed by atoms with van der Waals surface area (Å²) >= 11 is 0. The lowest BCUT2D eigenvalue weighted by Gasteiger charge is -2.19. The van der Waals surface area contributed by atoms with E-state index in [0.717, 1.165) is 15.6 Å². The van der Waals surface area contributed by atoms with Crippen LogP contribution in [0.15, 0.2) is 30.7 Å². The highest BCUT2D eigenvalue weighted by atomic mass is 19.4. The van der Waals surface area contributed by atoms with Crippen LogP contribution in [0.3, 0.4) is 0 Å².